The Hall–Kier alpha value is -2.98. The van der Waals surface area contributed by atoms with Crippen molar-refractivity contribution >= 4 is 8.32 Å². The SMILES string of the molecule is CC1=C(Cc2cc(OCc3ccccc3)c(OCc3ccccc3)cc2O[Si](C)(C)C(C)(C)C)[C@@]2(C)CCCC(C)(C)[C@@H]2CC1. The highest BCUT2D eigenvalue weighted by atomic mass is 28.4. The van der Waals surface area contributed by atoms with Crippen LogP contribution in [0.2, 0.25) is 18.1 Å². The van der Waals surface area contributed by atoms with Gasteiger partial charge in [0, 0.05) is 11.6 Å². The average Bonchev–Trinajstić information content (AvgIpc) is 2.98. The Morgan fingerprint density at radius 3 is 1.89 bits per heavy atom. The predicted octanol–water partition coefficient (Wildman–Crippen LogP) is 11.7. The number of benzene rings is 3. The molecular formula is C41H56O3Si. The maximum atomic E-state index is 7.18. The fraction of sp³-hybridized carbons (Fsp3) is 0.512. The van der Waals surface area contributed by atoms with Crippen LogP contribution in [0.25, 0.3) is 0 Å². The summed E-state index contributed by atoms with van der Waals surface area (Å²) in [5.41, 5.74) is 7.24. The zero-order valence-electron chi connectivity index (χ0n) is 29.4. The normalized spacial score (nSPS) is 21.7. The third-order valence-electron chi connectivity index (χ3n) is 11.4. The highest BCUT2D eigenvalue weighted by Gasteiger charge is 2.50. The molecule has 0 aliphatic heterocycles. The molecule has 3 nitrogen and oxygen atoms in total. The van der Waals surface area contributed by atoms with Crippen molar-refractivity contribution in [2.45, 2.75) is 118 Å². The molecular weight excluding hydrogens is 569 g/mol. The topological polar surface area (TPSA) is 27.7 Å². The first-order valence-corrected chi connectivity index (χ1v) is 20.0. The van der Waals surface area contributed by atoms with Gasteiger partial charge in [0.15, 0.2) is 11.5 Å². The smallest absolute Gasteiger partial charge is 0.250 e. The Morgan fingerprint density at radius 1 is 0.778 bits per heavy atom. The highest BCUT2D eigenvalue weighted by Crippen LogP contribution is 2.60. The van der Waals surface area contributed by atoms with Crippen LogP contribution in [-0.2, 0) is 19.6 Å². The first-order chi connectivity index (χ1) is 21.2. The number of hydrogen-bond acceptors (Lipinski definition) is 3. The minimum absolute atomic E-state index is 0.0717. The minimum Gasteiger partial charge on any atom is -0.543 e. The second-order valence-corrected chi connectivity index (χ2v) is 20.8. The molecule has 1 fully saturated rings. The number of rotatable bonds is 10. The molecule has 0 N–H and O–H groups in total. The van der Waals surface area contributed by atoms with Crippen LogP contribution in [0, 0.1) is 16.7 Å². The van der Waals surface area contributed by atoms with E-state index in [9.17, 15) is 0 Å². The molecule has 0 bridgehead atoms. The van der Waals surface area contributed by atoms with E-state index >= 15 is 0 Å². The third kappa shape index (κ3) is 7.37. The summed E-state index contributed by atoms with van der Waals surface area (Å²) < 4.78 is 20.3. The van der Waals surface area contributed by atoms with Crippen LogP contribution in [-0.4, -0.2) is 8.32 Å². The lowest BCUT2D eigenvalue weighted by molar-refractivity contribution is 0.0112. The summed E-state index contributed by atoms with van der Waals surface area (Å²) in [6, 6.07) is 25.1. The van der Waals surface area contributed by atoms with Gasteiger partial charge in [-0.3, -0.25) is 0 Å². The Bertz CT molecular complexity index is 1480. The molecule has 0 saturated heterocycles. The van der Waals surface area contributed by atoms with Gasteiger partial charge >= 0.3 is 0 Å². The van der Waals surface area contributed by atoms with Crippen molar-refractivity contribution in [2.24, 2.45) is 16.7 Å². The first kappa shape index (κ1) is 33.4. The van der Waals surface area contributed by atoms with Gasteiger partial charge in [0.25, 0.3) is 0 Å². The van der Waals surface area contributed by atoms with E-state index in [1.54, 1.807) is 11.1 Å². The summed E-state index contributed by atoms with van der Waals surface area (Å²) in [5.74, 6) is 3.18. The molecule has 3 aromatic rings. The third-order valence-corrected chi connectivity index (χ3v) is 15.7. The molecule has 5 rings (SSSR count). The Balaban J connectivity index is 1.59. The van der Waals surface area contributed by atoms with E-state index in [0.29, 0.717) is 24.5 Å². The average molecular weight is 625 g/mol. The van der Waals surface area contributed by atoms with E-state index in [0.717, 1.165) is 34.8 Å². The van der Waals surface area contributed by atoms with Gasteiger partial charge in [-0.25, -0.2) is 0 Å². The molecule has 0 heterocycles. The summed E-state index contributed by atoms with van der Waals surface area (Å²) in [6.45, 7) is 22.5. The van der Waals surface area contributed by atoms with Crippen LogP contribution in [0.1, 0.15) is 97.3 Å². The fourth-order valence-corrected chi connectivity index (χ4v) is 8.72. The first-order valence-electron chi connectivity index (χ1n) is 17.1. The van der Waals surface area contributed by atoms with Gasteiger partial charge in [0.2, 0.25) is 8.32 Å². The molecule has 2 atom stereocenters. The maximum absolute atomic E-state index is 7.18. The van der Waals surface area contributed by atoms with Gasteiger partial charge < -0.3 is 13.9 Å². The van der Waals surface area contributed by atoms with Crippen molar-refractivity contribution in [3.8, 4) is 17.2 Å². The van der Waals surface area contributed by atoms with E-state index in [4.69, 9.17) is 13.9 Å². The molecule has 0 unspecified atom stereocenters. The van der Waals surface area contributed by atoms with Crippen LogP contribution in [0.5, 0.6) is 17.2 Å². The lowest BCUT2D eigenvalue weighted by Crippen LogP contribution is -2.46. The van der Waals surface area contributed by atoms with Gasteiger partial charge in [-0.05, 0) is 91.1 Å². The molecule has 2 aliphatic carbocycles. The summed E-state index contributed by atoms with van der Waals surface area (Å²) in [4.78, 5) is 0. The van der Waals surface area contributed by atoms with Crippen molar-refractivity contribution in [2.75, 3.05) is 0 Å². The van der Waals surface area contributed by atoms with Crippen molar-refractivity contribution in [1.29, 1.82) is 0 Å². The zero-order valence-corrected chi connectivity index (χ0v) is 30.4. The molecule has 0 amide bonds. The maximum Gasteiger partial charge on any atom is 0.250 e. The number of hydrogen-bond donors (Lipinski definition) is 0. The quantitative estimate of drug-likeness (QED) is 0.166. The predicted molar refractivity (Wildman–Crippen MR) is 191 cm³/mol. The van der Waals surface area contributed by atoms with Crippen LogP contribution in [0.4, 0.5) is 0 Å². The standard InChI is InChI=1S/C41H56O3Si/c1-30-21-22-38-40(5,6)23-16-24-41(38,7)34(30)25-33-26-36(42-28-31-17-12-10-13-18-31)37(43-29-32-19-14-11-15-20-32)27-35(33)44-45(8,9)39(2,3)4/h10-15,17-20,26-27,38H,16,21-25,28-29H2,1-9H3/t38-,41+/m0/s1. The van der Waals surface area contributed by atoms with E-state index in [1.807, 2.05) is 12.1 Å². The van der Waals surface area contributed by atoms with E-state index in [1.165, 1.54) is 37.7 Å². The van der Waals surface area contributed by atoms with Crippen molar-refractivity contribution in [3.63, 3.8) is 0 Å². The summed E-state index contributed by atoms with van der Waals surface area (Å²) in [6.07, 6.45) is 7.25. The highest BCUT2D eigenvalue weighted by molar-refractivity contribution is 6.74. The summed E-state index contributed by atoms with van der Waals surface area (Å²) in [7, 11) is -2.15. The molecule has 1 saturated carbocycles. The fourth-order valence-electron chi connectivity index (χ4n) is 7.68. The number of ether oxygens (including phenoxy) is 2. The van der Waals surface area contributed by atoms with Gasteiger partial charge in [0.05, 0.1) is 0 Å². The largest absolute Gasteiger partial charge is 0.543 e. The Labute approximate surface area is 274 Å². The molecule has 0 aromatic heterocycles. The van der Waals surface area contributed by atoms with E-state index in [2.05, 4.69) is 122 Å². The lowest BCUT2D eigenvalue weighted by atomic mass is 9.50. The molecule has 2 aliphatic rings. The molecule has 3 aromatic carbocycles. The van der Waals surface area contributed by atoms with Gasteiger partial charge in [-0.15, -0.1) is 0 Å². The van der Waals surface area contributed by atoms with Gasteiger partial charge in [0.1, 0.15) is 19.0 Å². The Kier molecular flexibility index (Phi) is 9.66. The second-order valence-electron chi connectivity index (χ2n) is 16.1. The molecule has 45 heavy (non-hydrogen) atoms. The van der Waals surface area contributed by atoms with Gasteiger partial charge in [-0.2, -0.15) is 0 Å². The van der Waals surface area contributed by atoms with E-state index < -0.39 is 8.32 Å². The molecule has 242 valence electrons. The molecule has 0 radical (unpaired) electrons. The number of allylic oxidation sites excluding steroid dienone is 2. The molecule has 4 heteroatoms. The summed E-state index contributed by atoms with van der Waals surface area (Å²) in [5, 5.41) is 0.0717. The van der Waals surface area contributed by atoms with Crippen molar-refractivity contribution in [3.05, 3.63) is 101 Å². The summed E-state index contributed by atoms with van der Waals surface area (Å²) >= 11 is 0. The zero-order chi connectivity index (χ0) is 32.5. The minimum atomic E-state index is -2.15. The van der Waals surface area contributed by atoms with Crippen LogP contribution >= 0.6 is 0 Å². The van der Waals surface area contributed by atoms with Crippen molar-refractivity contribution in [1.82, 2.24) is 0 Å². The van der Waals surface area contributed by atoms with E-state index in [-0.39, 0.29) is 10.5 Å². The van der Waals surface area contributed by atoms with Crippen LogP contribution in [0.3, 0.4) is 0 Å². The Morgan fingerprint density at radius 2 is 1.33 bits per heavy atom. The van der Waals surface area contributed by atoms with Crippen molar-refractivity contribution < 1.29 is 13.9 Å². The van der Waals surface area contributed by atoms with Gasteiger partial charge in [-0.1, -0.05) is 120 Å². The molecule has 0 spiro atoms. The second kappa shape index (κ2) is 13.0. The number of fused-ring (bicyclic) bond motifs is 1. The monoisotopic (exact) mass is 624 g/mol. The van der Waals surface area contributed by atoms with Crippen LogP contribution in [0.15, 0.2) is 83.9 Å². The lowest BCUT2D eigenvalue weighted by Gasteiger charge is -2.55. The van der Waals surface area contributed by atoms with Crippen LogP contribution < -0.4 is 13.9 Å².